The van der Waals surface area contributed by atoms with Crippen LogP contribution >= 0.6 is 11.3 Å². The maximum absolute atomic E-state index is 11.9. The van der Waals surface area contributed by atoms with Gasteiger partial charge in [0.15, 0.2) is 0 Å². The maximum Gasteiger partial charge on any atom is 0.223 e. The van der Waals surface area contributed by atoms with Crippen molar-refractivity contribution in [2.75, 3.05) is 27.2 Å². The van der Waals surface area contributed by atoms with Gasteiger partial charge in [0, 0.05) is 36.9 Å². The highest BCUT2D eigenvalue weighted by Gasteiger charge is 2.39. The first-order chi connectivity index (χ1) is 7.68. The van der Waals surface area contributed by atoms with E-state index >= 15 is 0 Å². The lowest BCUT2D eigenvalue weighted by Crippen LogP contribution is -2.48. The quantitative estimate of drug-likeness (QED) is 0.864. The van der Waals surface area contributed by atoms with Crippen molar-refractivity contribution < 1.29 is 4.79 Å². The monoisotopic (exact) mass is 238 g/mol. The van der Waals surface area contributed by atoms with Gasteiger partial charge in [-0.15, -0.1) is 11.3 Å². The first-order valence-corrected chi connectivity index (χ1v) is 6.48. The maximum atomic E-state index is 11.9. The highest BCUT2D eigenvalue weighted by Crippen LogP contribution is 2.37. The fourth-order valence-corrected chi connectivity index (χ4v) is 3.34. The SMILES string of the molecule is CNCC1(c2cccs2)CCN(C)C(=O)C1. The minimum Gasteiger partial charge on any atom is -0.346 e. The molecule has 3 nitrogen and oxygen atoms in total. The summed E-state index contributed by atoms with van der Waals surface area (Å²) in [6.07, 6.45) is 1.68. The zero-order valence-corrected chi connectivity index (χ0v) is 10.6. The Morgan fingerprint density at radius 1 is 1.62 bits per heavy atom. The highest BCUT2D eigenvalue weighted by molar-refractivity contribution is 7.10. The normalized spacial score (nSPS) is 26.1. The fraction of sp³-hybridized carbons (Fsp3) is 0.583. The summed E-state index contributed by atoms with van der Waals surface area (Å²) in [7, 11) is 3.85. The number of nitrogens with one attached hydrogen (secondary N) is 1. The van der Waals surface area contributed by atoms with E-state index in [9.17, 15) is 4.79 Å². The second-order valence-corrected chi connectivity index (χ2v) is 5.48. The van der Waals surface area contributed by atoms with Gasteiger partial charge in [-0.2, -0.15) is 0 Å². The van der Waals surface area contributed by atoms with Crippen LogP contribution in [-0.2, 0) is 10.2 Å². The number of piperidine rings is 1. The number of likely N-dealkylation sites (N-methyl/N-ethyl adjacent to an activating group) is 1. The van der Waals surface area contributed by atoms with Crippen molar-refractivity contribution in [3.05, 3.63) is 22.4 Å². The molecular weight excluding hydrogens is 220 g/mol. The van der Waals surface area contributed by atoms with Crippen LogP contribution in [0.4, 0.5) is 0 Å². The number of carbonyl (C=O) groups is 1. The molecule has 1 atom stereocenters. The second kappa shape index (κ2) is 4.55. The lowest BCUT2D eigenvalue weighted by atomic mass is 9.76. The summed E-state index contributed by atoms with van der Waals surface area (Å²) in [6, 6.07) is 4.22. The van der Waals surface area contributed by atoms with Gasteiger partial charge in [0.1, 0.15) is 0 Å². The fourth-order valence-electron chi connectivity index (χ4n) is 2.39. The van der Waals surface area contributed by atoms with Gasteiger partial charge in [-0.05, 0) is 24.9 Å². The van der Waals surface area contributed by atoms with Crippen molar-refractivity contribution >= 4 is 17.2 Å². The summed E-state index contributed by atoms with van der Waals surface area (Å²) in [5, 5.41) is 5.33. The van der Waals surface area contributed by atoms with E-state index in [0.717, 1.165) is 19.5 Å². The molecule has 1 N–H and O–H groups in total. The summed E-state index contributed by atoms with van der Waals surface area (Å²) < 4.78 is 0. The van der Waals surface area contributed by atoms with E-state index in [4.69, 9.17) is 0 Å². The summed E-state index contributed by atoms with van der Waals surface area (Å²) >= 11 is 1.76. The summed E-state index contributed by atoms with van der Waals surface area (Å²) in [6.45, 7) is 1.74. The number of carbonyl (C=O) groups excluding carboxylic acids is 1. The van der Waals surface area contributed by atoms with Crippen LogP contribution in [0.1, 0.15) is 17.7 Å². The molecule has 1 aliphatic heterocycles. The molecule has 1 aliphatic rings. The Hall–Kier alpha value is -0.870. The molecule has 0 aromatic carbocycles. The van der Waals surface area contributed by atoms with Gasteiger partial charge in [0.25, 0.3) is 0 Å². The van der Waals surface area contributed by atoms with Crippen molar-refractivity contribution in [2.24, 2.45) is 0 Å². The Bertz CT molecular complexity index is 363. The number of nitrogens with zero attached hydrogens (tertiary/aromatic N) is 1. The Balaban J connectivity index is 2.26. The molecule has 1 saturated heterocycles. The number of amides is 1. The molecule has 0 radical (unpaired) electrons. The molecule has 0 spiro atoms. The van der Waals surface area contributed by atoms with Crippen LogP contribution in [0.3, 0.4) is 0 Å². The van der Waals surface area contributed by atoms with Crippen molar-refractivity contribution in [3.8, 4) is 0 Å². The van der Waals surface area contributed by atoms with Crippen LogP contribution < -0.4 is 5.32 Å². The predicted molar refractivity (Wildman–Crippen MR) is 66.8 cm³/mol. The molecule has 0 aliphatic carbocycles. The number of hydrogen-bond donors (Lipinski definition) is 1. The van der Waals surface area contributed by atoms with Crippen molar-refractivity contribution in [1.29, 1.82) is 0 Å². The molecule has 2 rings (SSSR count). The van der Waals surface area contributed by atoms with Gasteiger partial charge in [0.2, 0.25) is 5.91 Å². The number of hydrogen-bond acceptors (Lipinski definition) is 3. The van der Waals surface area contributed by atoms with Crippen LogP contribution in [0.2, 0.25) is 0 Å². The molecular formula is C12H18N2OS. The molecule has 0 saturated carbocycles. The zero-order valence-electron chi connectivity index (χ0n) is 9.82. The third-order valence-electron chi connectivity index (χ3n) is 3.40. The van der Waals surface area contributed by atoms with Crippen LogP contribution in [0.5, 0.6) is 0 Å². The van der Waals surface area contributed by atoms with E-state index in [-0.39, 0.29) is 11.3 Å². The van der Waals surface area contributed by atoms with E-state index < -0.39 is 0 Å². The summed E-state index contributed by atoms with van der Waals surface area (Å²) in [5.74, 6) is 0.259. The van der Waals surface area contributed by atoms with Gasteiger partial charge in [-0.25, -0.2) is 0 Å². The third-order valence-corrected chi connectivity index (χ3v) is 4.52. The smallest absolute Gasteiger partial charge is 0.223 e. The third kappa shape index (κ3) is 1.99. The van der Waals surface area contributed by atoms with Crippen molar-refractivity contribution in [3.63, 3.8) is 0 Å². The highest BCUT2D eigenvalue weighted by atomic mass is 32.1. The molecule has 0 bridgehead atoms. The summed E-state index contributed by atoms with van der Waals surface area (Å²) in [5.41, 5.74) is 0.0203. The standard InChI is InChI=1S/C12H18N2OS/c1-13-9-12(10-4-3-7-16-10)5-6-14(2)11(15)8-12/h3-4,7,13H,5-6,8-9H2,1-2H3. The molecule has 4 heteroatoms. The van der Waals surface area contributed by atoms with Gasteiger partial charge < -0.3 is 10.2 Å². The number of likely N-dealkylation sites (tertiary alicyclic amines) is 1. The second-order valence-electron chi connectivity index (χ2n) is 4.53. The van der Waals surface area contributed by atoms with Crippen LogP contribution in [-0.4, -0.2) is 38.0 Å². The van der Waals surface area contributed by atoms with E-state index in [1.807, 2.05) is 19.0 Å². The largest absolute Gasteiger partial charge is 0.346 e. The van der Waals surface area contributed by atoms with Crippen LogP contribution in [0.25, 0.3) is 0 Å². The first-order valence-electron chi connectivity index (χ1n) is 5.60. The predicted octanol–water partition coefficient (Wildman–Crippen LogP) is 1.46. The Morgan fingerprint density at radius 2 is 2.44 bits per heavy atom. The van der Waals surface area contributed by atoms with E-state index in [0.29, 0.717) is 6.42 Å². The summed E-state index contributed by atoms with van der Waals surface area (Å²) in [4.78, 5) is 15.1. The molecule has 1 aromatic rings. The molecule has 88 valence electrons. The minimum atomic E-state index is 0.0203. The van der Waals surface area contributed by atoms with Crippen molar-refractivity contribution in [2.45, 2.75) is 18.3 Å². The molecule has 1 aromatic heterocycles. The minimum absolute atomic E-state index is 0.0203. The van der Waals surface area contributed by atoms with Crippen LogP contribution in [0.15, 0.2) is 17.5 Å². The van der Waals surface area contributed by atoms with E-state index in [2.05, 4.69) is 22.8 Å². The lowest BCUT2D eigenvalue weighted by molar-refractivity contribution is -0.134. The molecule has 1 amide bonds. The molecule has 16 heavy (non-hydrogen) atoms. The molecule has 1 unspecified atom stereocenters. The Labute approximate surface area is 100 Å². The van der Waals surface area contributed by atoms with Gasteiger partial charge in [0.05, 0.1) is 0 Å². The number of thiophene rings is 1. The topological polar surface area (TPSA) is 32.3 Å². The van der Waals surface area contributed by atoms with Gasteiger partial charge in [-0.1, -0.05) is 6.07 Å². The molecule has 1 fully saturated rings. The Kier molecular flexibility index (Phi) is 3.30. The Morgan fingerprint density at radius 3 is 3.00 bits per heavy atom. The molecule has 2 heterocycles. The average Bonchev–Trinajstić information content (AvgIpc) is 2.78. The van der Waals surface area contributed by atoms with Gasteiger partial charge >= 0.3 is 0 Å². The van der Waals surface area contributed by atoms with E-state index in [1.165, 1.54) is 4.88 Å². The van der Waals surface area contributed by atoms with E-state index in [1.54, 1.807) is 11.3 Å². The van der Waals surface area contributed by atoms with Crippen LogP contribution in [0, 0.1) is 0 Å². The zero-order chi connectivity index (χ0) is 11.6. The number of rotatable bonds is 3. The van der Waals surface area contributed by atoms with Crippen molar-refractivity contribution in [1.82, 2.24) is 10.2 Å². The first kappa shape index (κ1) is 11.6. The lowest BCUT2D eigenvalue weighted by Gasteiger charge is -2.39. The van der Waals surface area contributed by atoms with Gasteiger partial charge in [-0.3, -0.25) is 4.79 Å². The average molecular weight is 238 g/mol.